The molecule has 2 atom stereocenters. The van der Waals surface area contributed by atoms with E-state index in [0.29, 0.717) is 23.7 Å². The van der Waals surface area contributed by atoms with Crippen molar-refractivity contribution in [2.45, 2.75) is 45.8 Å². The van der Waals surface area contributed by atoms with Gasteiger partial charge in [0.25, 0.3) is 0 Å². The van der Waals surface area contributed by atoms with Crippen molar-refractivity contribution < 1.29 is 9.26 Å². The summed E-state index contributed by atoms with van der Waals surface area (Å²) in [5, 5.41) is 7.57. The zero-order valence-corrected chi connectivity index (χ0v) is 13.4. The fourth-order valence-corrected chi connectivity index (χ4v) is 3.27. The van der Waals surface area contributed by atoms with Crippen LogP contribution in [0.25, 0.3) is 0 Å². The molecule has 1 aliphatic rings. The largest absolute Gasteiger partial charge is 0.368 e. The Labute approximate surface area is 125 Å². The van der Waals surface area contributed by atoms with Gasteiger partial charge in [0.1, 0.15) is 6.10 Å². The molecule has 1 saturated heterocycles. The first-order valence-electron chi connectivity index (χ1n) is 7.44. The third-order valence-corrected chi connectivity index (χ3v) is 4.25. The maximum Gasteiger partial charge on any atom is 0.228 e. The fourth-order valence-electron chi connectivity index (χ4n) is 2.43. The van der Waals surface area contributed by atoms with Gasteiger partial charge >= 0.3 is 0 Å². The summed E-state index contributed by atoms with van der Waals surface area (Å²) in [7, 11) is 0. The maximum atomic E-state index is 5.67. The van der Waals surface area contributed by atoms with Gasteiger partial charge in [-0.2, -0.15) is 16.7 Å². The molecule has 2 unspecified atom stereocenters. The summed E-state index contributed by atoms with van der Waals surface area (Å²) in [6, 6.07) is 0.398. The molecule has 1 aromatic heterocycles. The topological polar surface area (TPSA) is 60.2 Å². The number of thioether (sulfide) groups is 1. The van der Waals surface area contributed by atoms with E-state index in [-0.39, 0.29) is 6.10 Å². The smallest absolute Gasteiger partial charge is 0.228 e. The van der Waals surface area contributed by atoms with Crippen molar-refractivity contribution in [2.24, 2.45) is 5.92 Å². The van der Waals surface area contributed by atoms with Crippen LogP contribution in [0.2, 0.25) is 0 Å². The molecule has 0 amide bonds. The lowest BCUT2D eigenvalue weighted by atomic mass is 10.0. The first-order chi connectivity index (χ1) is 9.69. The molecule has 20 heavy (non-hydrogen) atoms. The summed E-state index contributed by atoms with van der Waals surface area (Å²) in [5.41, 5.74) is 0. The third kappa shape index (κ3) is 4.75. The van der Waals surface area contributed by atoms with Crippen molar-refractivity contribution in [1.82, 2.24) is 15.5 Å². The number of aromatic nitrogens is 2. The highest BCUT2D eigenvalue weighted by Gasteiger charge is 2.23. The minimum Gasteiger partial charge on any atom is -0.368 e. The van der Waals surface area contributed by atoms with Crippen molar-refractivity contribution in [3.63, 3.8) is 0 Å². The molecule has 2 heterocycles. The van der Waals surface area contributed by atoms with Gasteiger partial charge in [-0.05, 0) is 18.9 Å². The Morgan fingerprint density at radius 2 is 2.30 bits per heavy atom. The van der Waals surface area contributed by atoms with Gasteiger partial charge in [-0.25, -0.2) is 0 Å². The molecule has 2 rings (SSSR count). The predicted octanol–water partition coefficient (Wildman–Crippen LogP) is 2.44. The van der Waals surface area contributed by atoms with E-state index in [1.54, 1.807) is 0 Å². The molecule has 0 aromatic carbocycles. The molecule has 6 heteroatoms. The van der Waals surface area contributed by atoms with Gasteiger partial charge in [0.2, 0.25) is 11.7 Å². The van der Waals surface area contributed by atoms with Gasteiger partial charge in [0.15, 0.2) is 0 Å². The minimum absolute atomic E-state index is 0.00562. The average Bonchev–Trinajstić information content (AvgIpc) is 2.88. The van der Waals surface area contributed by atoms with Crippen LogP contribution < -0.4 is 5.32 Å². The Kier molecular flexibility index (Phi) is 6.32. The van der Waals surface area contributed by atoms with Crippen molar-refractivity contribution in [3.8, 4) is 0 Å². The van der Waals surface area contributed by atoms with Crippen molar-refractivity contribution in [3.05, 3.63) is 11.7 Å². The van der Waals surface area contributed by atoms with E-state index < -0.39 is 0 Å². The molecule has 114 valence electrons. The molecule has 5 nitrogen and oxygen atoms in total. The Morgan fingerprint density at radius 3 is 2.95 bits per heavy atom. The highest BCUT2D eigenvalue weighted by Crippen LogP contribution is 2.24. The monoisotopic (exact) mass is 299 g/mol. The van der Waals surface area contributed by atoms with Crippen LogP contribution in [-0.4, -0.2) is 40.8 Å². The second-order valence-corrected chi connectivity index (χ2v) is 6.72. The molecule has 1 aromatic rings. The van der Waals surface area contributed by atoms with Gasteiger partial charge in [0, 0.05) is 24.0 Å². The molecule has 0 bridgehead atoms. The molecular weight excluding hydrogens is 274 g/mol. The predicted molar refractivity (Wildman–Crippen MR) is 80.9 cm³/mol. The van der Waals surface area contributed by atoms with Crippen molar-refractivity contribution in [1.29, 1.82) is 0 Å². The first-order valence-corrected chi connectivity index (χ1v) is 8.59. The Hall–Kier alpha value is -0.590. The number of hydrogen-bond donors (Lipinski definition) is 1. The standard InChI is InChI=1S/C14H25N3O2S/c1-4-15-11(7-10(2)3)8-13-16-14(17-19-13)12-9-20-6-5-18-12/h10-12,15H,4-9H2,1-3H3. The molecule has 0 saturated carbocycles. The number of likely N-dealkylation sites (N-methyl/N-ethyl adjacent to an activating group) is 1. The fraction of sp³-hybridized carbons (Fsp3) is 0.857. The quantitative estimate of drug-likeness (QED) is 0.834. The molecule has 0 aliphatic carbocycles. The molecule has 1 N–H and O–H groups in total. The number of ether oxygens (including phenoxy) is 1. The number of nitrogens with zero attached hydrogens (tertiary/aromatic N) is 2. The van der Waals surface area contributed by atoms with Gasteiger partial charge in [0.05, 0.1) is 6.61 Å². The van der Waals surface area contributed by atoms with Gasteiger partial charge < -0.3 is 14.6 Å². The van der Waals surface area contributed by atoms with Crippen molar-refractivity contribution in [2.75, 3.05) is 24.7 Å². The molecular formula is C14H25N3O2S. The minimum atomic E-state index is -0.00562. The first kappa shape index (κ1) is 15.8. The highest BCUT2D eigenvalue weighted by molar-refractivity contribution is 7.99. The Balaban J connectivity index is 1.92. The second kappa shape index (κ2) is 8.00. The van der Waals surface area contributed by atoms with E-state index in [4.69, 9.17) is 9.26 Å². The normalized spacial score (nSPS) is 21.3. The summed E-state index contributed by atoms with van der Waals surface area (Å²) in [5.74, 6) is 4.04. The summed E-state index contributed by atoms with van der Waals surface area (Å²) in [6.07, 6.45) is 1.90. The van der Waals surface area contributed by atoms with E-state index >= 15 is 0 Å². The van der Waals surface area contributed by atoms with Crippen LogP contribution in [0, 0.1) is 5.92 Å². The lowest BCUT2D eigenvalue weighted by Crippen LogP contribution is -2.32. The van der Waals surface area contributed by atoms with Crippen molar-refractivity contribution >= 4 is 11.8 Å². The molecule has 0 radical (unpaired) electrons. The van der Waals surface area contributed by atoms with Crippen LogP contribution in [0.15, 0.2) is 4.52 Å². The SMILES string of the molecule is CCNC(Cc1nc(C2CSCCO2)no1)CC(C)C. The van der Waals surface area contributed by atoms with Crippen LogP contribution in [-0.2, 0) is 11.2 Å². The molecule has 1 aliphatic heterocycles. The Morgan fingerprint density at radius 1 is 1.45 bits per heavy atom. The Bertz CT molecular complexity index is 392. The van der Waals surface area contributed by atoms with E-state index in [1.807, 2.05) is 11.8 Å². The summed E-state index contributed by atoms with van der Waals surface area (Å²) in [6.45, 7) is 8.32. The zero-order valence-electron chi connectivity index (χ0n) is 12.6. The van der Waals surface area contributed by atoms with Crippen LogP contribution in [0.1, 0.15) is 45.0 Å². The molecule has 1 fully saturated rings. The van der Waals surface area contributed by atoms with Gasteiger partial charge in [-0.1, -0.05) is 25.9 Å². The highest BCUT2D eigenvalue weighted by atomic mass is 32.2. The summed E-state index contributed by atoms with van der Waals surface area (Å²) < 4.78 is 11.1. The maximum absolute atomic E-state index is 5.67. The van der Waals surface area contributed by atoms with Crippen LogP contribution in [0.5, 0.6) is 0 Å². The van der Waals surface area contributed by atoms with E-state index in [0.717, 1.165) is 37.5 Å². The van der Waals surface area contributed by atoms with Gasteiger partial charge in [-0.3, -0.25) is 0 Å². The molecule has 0 spiro atoms. The van der Waals surface area contributed by atoms with Crippen LogP contribution >= 0.6 is 11.8 Å². The number of hydrogen-bond acceptors (Lipinski definition) is 6. The lowest BCUT2D eigenvalue weighted by Gasteiger charge is -2.19. The van der Waals surface area contributed by atoms with E-state index in [2.05, 4.69) is 36.2 Å². The van der Waals surface area contributed by atoms with E-state index in [1.165, 1.54) is 0 Å². The average molecular weight is 299 g/mol. The third-order valence-electron chi connectivity index (χ3n) is 3.26. The number of nitrogens with one attached hydrogen (secondary N) is 1. The van der Waals surface area contributed by atoms with Crippen LogP contribution in [0.3, 0.4) is 0 Å². The lowest BCUT2D eigenvalue weighted by molar-refractivity contribution is 0.0677. The van der Waals surface area contributed by atoms with Crippen LogP contribution in [0.4, 0.5) is 0 Å². The van der Waals surface area contributed by atoms with E-state index in [9.17, 15) is 0 Å². The summed E-state index contributed by atoms with van der Waals surface area (Å²) in [4.78, 5) is 4.51. The van der Waals surface area contributed by atoms with Gasteiger partial charge in [-0.15, -0.1) is 0 Å². The number of rotatable bonds is 7. The second-order valence-electron chi connectivity index (χ2n) is 5.57. The zero-order chi connectivity index (χ0) is 14.4. The summed E-state index contributed by atoms with van der Waals surface area (Å²) >= 11 is 1.88.